The molecule has 1 heterocycles. The van der Waals surface area contributed by atoms with Gasteiger partial charge in [0, 0.05) is 0 Å². The summed E-state index contributed by atoms with van der Waals surface area (Å²) < 4.78 is 5.08. The quantitative estimate of drug-likeness (QED) is 0.668. The van der Waals surface area contributed by atoms with Crippen molar-refractivity contribution in [1.29, 1.82) is 0 Å². The molecule has 0 fully saturated rings. The summed E-state index contributed by atoms with van der Waals surface area (Å²) in [4.78, 5) is 0. The molecule has 18 heavy (non-hydrogen) atoms. The SMILES string of the molecule is CC1=[C](C)[Sb]([c]2ccccc2)[C](C(C)(C)C)=C1C. The molecule has 0 amide bonds. The van der Waals surface area contributed by atoms with Crippen LogP contribution in [0, 0.1) is 5.41 Å². The summed E-state index contributed by atoms with van der Waals surface area (Å²) in [6.45, 7) is 14.1. The molecule has 2 rings (SSSR count). The molecule has 1 aromatic rings. The first-order valence-corrected chi connectivity index (χ1v) is 10.4. The van der Waals surface area contributed by atoms with Crippen LogP contribution in [0.3, 0.4) is 0 Å². The summed E-state index contributed by atoms with van der Waals surface area (Å²) in [7, 11) is 0. The zero-order chi connectivity index (χ0) is 13.5. The Bertz CT molecular complexity index is 512. The maximum atomic E-state index is 2.37. The third kappa shape index (κ3) is 2.32. The molecule has 0 saturated heterocycles. The van der Waals surface area contributed by atoms with Gasteiger partial charge in [0.1, 0.15) is 0 Å². The van der Waals surface area contributed by atoms with Gasteiger partial charge >= 0.3 is 119 Å². The van der Waals surface area contributed by atoms with Crippen LogP contribution in [0.1, 0.15) is 41.5 Å². The standard InChI is InChI=1S/C11H18.C6H5.Sb/c1-7-9(2)10(3)8-11(4,5)6;1-2-4-6-5-3-1;/h1-6H3;1-5H;. The average Bonchev–Trinajstić information content (AvgIpc) is 2.54. The van der Waals surface area contributed by atoms with Crippen LogP contribution in [-0.4, -0.2) is 20.2 Å². The molecule has 1 aliphatic rings. The number of benzene rings is 1. The van der Waals surface area contributed by atoms with Crippen LogP contribution in [0.5, 0.6) is 0 Å². The Morgan fingerprint density at radius 2 is 1.39 bits per heavy atom. The molecule has 0 saturated carbocycles. The molecule has 1 aromatic carbocycles. The Morgan fingerprint density at radius 1 is 0.833 bits per heavy atom. The number of allylic oxidation sites excluding steroid dienone is 4. The van der Waals surface area contributed by atoms with Crippen molar-refractivity contribution in [3.63, 3.8) is 0 Å². The van der Waals surface area contributed by atoms with Gasteiger partial charge in [-0.25, -0.2) is 0 Å². The van der Waals surface area contributed by atoms with Crippen molar-refractivity contribution in [3.8, 4) is 0 Å². The van der Waals surface area contributed by atoms with Crippen molar-refractivity contribution in [2.24, 2.45) is 5.41 Å². The molecule has 0 aliphatic carbocycles. The van der Waals surface area contributed by atoms with Crippen LogP contribution in [0.4, 0.5) is 0 Å². The zero-order valence-corrected chi connectivity index (χ0v) is 14.9. The first-order chi connectivity index (χ1) is 8.34. The van der Waals surface area contributed by atoms with E-state index in [1.165, 1.54) is 0 Å². The van der Waals surface area contributed by atoms with Crippen molar-refractivity contribution in [2.75, 3.05) is 0 Å². The fourth-order valence-corrected chi connectivity index (χ4v) is 11.7. The maximum absolute atomic E-state index is 2.37. The second-order valence-corrected chi connectivity index (χ2v) is 12.7. The fourth-order valence-electron chi connectivity index (χ4n) is 2.75. The summed E-state index contributed by atoms with van der Waals surface area (Å²) in [6, 6.07) is 11.2. The normalized spacial score (nSPS) is 17.9. The van der Waals surface area contributed by atoms with E-state index in [0.29, 0.717) is 5.41 Å². The Labute approximate surface area is 119 Å². The Hall–Kier alpha value is -0.482. The average molecular weight is 349 g/mol. The molecule has 0 aromatic heterocycles. The van der Waals surface area contributed by atoms with Crippen LogP contribution >= 0.6 is 0 Å². The van der Waals surface area contributed by atoms with Gasteiger partial charge in [0.25, 0.3) is 0 Å². The third-order valence-electron chi connectivity index (χ3n) is 3.74. The van der Waals surface area contributed by atoms with Gasteiger partial charge < -0.3 is 0 Å². The van der Waals surface area contributed by atoms with Gasteiger partial charge in [-0.15, -0.1) is 0 Å². The molecule has 0 bridgehead atoms. The first kappa shape index (κ1) is 13.9. The molecule has 0 N–H and O–H groups in total. The monoisotopic (exact) mass is 348 g/mol. The van der Waals surface area contributed by atoms with E-state index in [1.54, 1.807) is 21.7 Å². The summed E-state index contributed by atoms with van der Waals surface area (Å²) in [5.41, 5.74) is 3.44. The second-order valence-electron chi connectivity index (χ2n) is 6.10. The summed E-state index contributed by atoms with van der Waals surface area (Å²) in [5, 5.41) is 0. The van der Waals surface area contributed by atoms with Crippen molar-refractivity contribution < 1.29 is 0 Å². The summed E-state index contributed by atoms with van der Waals surface area (Å²) in [5.74, 6) is 0. The molecule has 0 nitrogen and oxygen atoms in total. The second kappa shape index (κ2) is 4.89. The molecule has 0 unspecified atom stereocenters. The molecular weight excluding hydrogens is 326 g/mol. The van der Waals surface area contributed by atoms with Gasteiger partial charge in [-0.2, -0.15) is 0 Å². The number of hydrogen-bond acceptors (Lipinski definition) is 0. The van der Waals surface area contributed by atoms with Crippen molar-refractivity contribution >= 4 is 23.7 Å². The van der Waals surface area contributed by atoms with E-state index < -0.39 is 20.2 Å². The van der Waals surface area contributed by atoms with Gasteiger partial charge in [0.15, 0.2) is 0 Å². The molecule has 0 radical (unpaired) electrons. The van der Waals surface area contributed by atoms with Gasteiger partial charge in [0.2, 0.25) is 0 Å². The van der Waals surface area contributed by atoms with Crippen molar-refractivity contribution in [1.82, 2.24) is 0 Å². The minimum absolute atomic E-state index is 0.307. The Balaban J connectivity index is 2.59. The van der Waals surface area contributed by atoms with Crippen LogP contribution in [0.15, 0.2) is 48.5 Å². The minimum atomic E-state index is -1.64. The van der Waals surface area contributed by atoms with E-state index in [-0.39, 0.29) is 0 Å². The van der Waals surface area contributed by atoms with Gasteiger partial charge in [-0.05, 0) is 0 Å². The molecule has 1 aliphatic heterocycles. The fraction of sp³-hybridized carbons (Fsp3) is 0.412. The topological polar surface area (TPSA) is 0 Å². The van der Waals surface area contributed by atoms with Gasteiger partial charge in [0.05, 0.1) is 0 Å². The first-order valence-electron chi connectivity index (χ1n) is 6.58. The van der Waals surface area contributed by atoms with Crippen LogP contribution in [-0.2, 0) is 0 Å². The van der Waals surface area contributed by atoms with E-state index >= 15 is 0 Å². The third-order valence-corrected chi connectivity index (χ3v) is 13.1. The molecule has 0 spiro atoms. The summed E-state index contributed by atoms with van der Waals surface area (Å²) >= 11 is -1.64. The predicted molar refractivity (Wildman–Crippen MR) is 82.4 cm³/mol. The van der Waals surface area contributed by atoms with Crippen LogP contribution in [0.2, 0.25) is 0 Å². The predicted octanol–water partition coefficient (Wildman–Crippen LogP) is 4.18. The van der Waals surface area contributed by atoms with E-state index in [2.05, 4.69) is 71.9 Å². The van der Waals surface area contributed by atoms with Gasteiger partial charge in [-0.3, -0.25) is 0 Å². The van der Waals surface area contributed by atoms with E-state index in [4.69, 9.17) is 0 Å². The zero-order valence-electron chi connectivity index (χ0n) is 12.3. The van der Waals surface area contributed by atoms with E-state index in [1.807, 2.05) is 0 Å². The Morgan fingerprint density at radius 3 is 1.89 bits per heavy atom. The molecule has 0 atom stereocenters. The molecule has 1 heteroatoms. The number of rotatable bonds is 1. The van der Waals surface area contributed by atoms with E-state index in [9.17, 15) is 0 Å². The van der Waals surface area contributed by atoms with Crippen molar-refractivity contribution in [2.45, 2.75) is 41.5 Å². The van der Waals surface area contributed by atoms with E-state index in [0.717, 1.165) is 0 Å². The van der Waals surface area contributed by atoms with Gasteiger partial charge in [-0.1, -0.05) is 0 Å². The number of hydrogen-bond donors (Lipinski definition) is 0. The van der Waals surface area contributed by atoms with Crippen LogP contribution in [0.25, 0.3) is 0 Å². The molecular formula is C17H23Sb. The molecule has 96 valence electrons. The Kier molecular flexibility index (Phi) is 3.79. The summed E-state index contributed by atoms with van der Waals surface area (Å²) in [6.07, 6.45) is 0. The van der Waals surface area contributed by atoms with Crippen molar-refractivity contribution in [3.05, 3.63) is 48.5 Å². The van der Waals surface area contributed by atoms with Crippen LogP contribution < -0.4 is 3.51 Å².